The minimum absolute atomic E-state index is 0.670. The number of hydrogen-bond donors (Lipinski definition) is 0. The summed E-state index contributed by atoms with van der Waals surface area (Å²) in [6.45, 7) is 4.24. The van der Waals surface area contributed by atoms with E-state index in [1.807, 2.05) is 24.3 Å². The highest BCUT2D eigenvalue weighted by atomic mass is 15.0. The molecule has 0 amide bonds. The van der Waals surface area contributed by atoms with Gasteiger partial charge in [0.2, 0.25) is 0 Å². The number of benzene rings is 4. The average Bonchev–Trinajstić information content (AvgIpc) is 3.09. The van der Waals surface area contributed by atoms with Crippen LogP contribution in [0.4, 0.5) is 0 Å². The van der Waals surface area contributed by atoms with E-state index in [2.05, 4.69) is 97.3 Å². The number of hydrogen-bond acceptors (Lipinski definition) is 1. The van der Waals surface area contributed by atoms with Gasteiger partial charge in [0.05, 0.1) is 17.3 Å². The molecule has 0 saturated carbocycles. The van der Waals surface area contributed by atoms with Crippen molar-refractivity contribution in [2.24, 2.45) is 0 Å². The van der Waals surface area contributed by atoms with Gasteiger partial charge in [-0.15, -0.1) is 0 Å². The number of allylic oxidation sites excluding steroid dienone is 1. The number of aromatic nitrogens is 1. The summed E-state index contributed by atoms with van der Waals surface area (Å²) in [5, 5.41) is 14.7. The van der Waals surface area contributed by atoms with Gasteiger partial charge in [-0.3, -0.25) is 0 Å². The van der Waals surface area contributed by atoms with Crippen LogP contribution < -0.4 is 0 Å². The van der Waals surface area contributed by atoms with Crippen LogP contribution in [-0.2, 0) is 0 Å². The molecular weight excluding hydrogens is 376 g/mol. The molecule has 4 aromatic carbocycles. The summed E-state index contributed by atoms with van der Waals surface area (Å²) in [5.41, 5.74) is 6.12. The number of nitriles is 1. The molecule has 0 bridgehead atoms. The quantitative estimate of drug-likeness (QED) is 0.290. The van der Waals surface area contributed by atoms with Gasteiger partial charge in [0.1, 0.15) is 0 Å². The van der Waals surface area contributed by atoms with Gasteiger partial charge in [0.15, 0.2) is 0 Å². The molecule has 0 fully saturated rings. The van der Waals surface area contributed by atoms with Crippen molar-refractivity contribution >= 4 is 33.2 Å². The first kappa shape index (κ1) is 18.9. The van der Waals surface area contributed by atoms with Crippen LogP contribution in [0.5, 0.6) is 0 Å². The third-order valence-electron chi connectivity index (χ3n) is 5.96. The summed E-state index contributed by atoms with van der Waals surface area (Å²) in [5.74, 6) is 0. The number of fused-ring (bicyclic) bond motifs is 2. The molecular formula is C29H22N2. The second-order valence-electron chi connectivity index (χ2n) is 7.89. The van der Waals surface area contributed by atoms with Gasteiger partial charge in [0.25, 0.3) is 0 Å². The van der Waals surface area contributed by atoms with Crippen molar-refractivity contribution in [1.29, 1.82) is 5.26 Å². The Kier molecular flexibility index (Phi) is 4.65. The molecule has 2 nitrogen and oxygen atoms in total. The van der Waals surface area contributed by atoms with Crippen molar-refractivity contribution in [2.45, 2.75) is 13.8 Å². The highest BCUT2D eigenvalue weighted by Gasteiger charge is 2.13. The smallest absolute Gasteiger partial charge is 0.0998 e. The van der Waals surface area contributed by atoms with Crippen LogP contribution in [-0.4, -0.2) is 4.57 Å². The summed E-state index contributed by atoms with van der Waals surface area (Å²) >= 11 is 0. The van der Waals surface area contributed by atoms with Crippen molar-refractivity contribution in [3.8, 4) is 11.8 Å². The van der Waals surface area contributed by atoms with E-state index in [1.54, 1.807) is 0 Å². The molecule has 31 heavy (non-hydrogen) atoms. The number of rotatable bonds is 3. The minimum Gasteiger partial charge on any atom is -0.317 e. The number of aryl methyl sites for hydroxylation is 1. The minimum atomic E-state index is 0.670. The second kappa shape index (κ2) is 7.63. The first-order valence-electron chi connectivity index (χ1n) is 10.4. The predicted molar refractivity (Wildman–Crippen MR) is 130 cm³/mol. The van der Waals surface area contributed by atoms with E-state index < -0.39 is 0 Å². The fraction of sp³-hybridized carbons (Fsp3) is 0.0690. The van der Waals surface area contributed by atoms with E-state index >= 15 is 0 Å². The Morgan fingerprint density at radius 1 is 0.774 bits per heavy atom. The van der Waals surface area contributed by atoms with E-state index in [-0.39, 0.29) is 0 Å². The number of nitrogens with zero attached hydrogens (tertiary/aromatic N) is 2. The molecule has 0 atom stereocenters. The monoisotopic (exact) mass is 398 g/mol. The molecule has 1 heterocycles. The maximum absolute atomic E-state index is 9.91. The molecule has 5 rings (SSSR count). The summed E-state index contributed by atoms with van der Waals surface area (Å²) in [7, 11) is 0. The Balaban J connectivity index is 1.64. The standard InChI is InChI=1S/C29H22N2/c1-20-16-26(18-27(19-30)25-15-14-22-8-3-4-10-24(22)17-25)21(2)31(20)29-13-7-11-23-9-5-6-12-28(23)29/h3-18H,1-2H3. The van der Waals surface area contributed by atoms with E-state index in [0.717, 1.165) is 33.6 Å². The molecule has 0 unspecified atom stereocenters. The lowest BCUT2D eigenvalue weighted by atomic mass is 10.0. The van der Waals surface area contributed by atoms with Crippen molar-refractivity contribution in [3.63, 3.8) is 0 Å². The van der Waals surface area contributed by atoms with Crippen LogP contribution in [0.2, 0.25) is 0 Å². The van der Waals surface area contributed by atoms with Gasteiger partial charge in [-0.25, -0.2) is 0 Å². The molecule has 0 aliphatic rings. The van der Waals surface area contributed by atoms with Crippen molar-refractivity contribution in [1.82, 2.24) is 4.57 Å². The van der Waals surface area contributed by atoms with Crippen LogP contribution >= 0.6 is 0 Å². The highest BCUT2D eigenvalue weighted by Crippen LogP contribution is 2.30. The van der Waals surface area contributed by atoms with E-state index in [9.17, 15) is 5.26 Å². The van der Waals surface area contributed by atoms with Crippen LogP contribution in [0.1, 0.15) is 22.5 Å². The van der Waals surface area contributed by atoms with Gasteiger partial charge in [-0.1, -0.05) is 72.8 Å². The molecule has 0 spiro atoms. The highest BCUT2D eigenvalue weighted by molar-refractivity contribution is 5.95. The lowest BCUT2D eigenvalue weighted by Gasteiger charge is -2.13. The Morgan fingerprint density at radius 2 is 1.48 bits per heavy atom. The first-order valence-corrected chi connectivity index (χ1v) is 10.4. The second-order valence-corrected chi connectivity index (χ2v) is 7.89. The van der Waals surface area contributed by atoms with Gasteiger partial charge in [-0.05, 0) is 65.4 Å². The van der Waals surface area contributed by atoms with E-state index in [1.165, 1.54) is 16.2 Å². The summed E-state index contributed by atoms with van der Waals surface area (Å²) < 4.78 is 2.28. The van der Waals surface area contributed by atoms with Crippen LogP contribution in [0.3, 0.4) is 0 Å². The predicted octanol–water partition coefficient (Wildman–Crippen LogP) is 7.46. The third kappa shape index (κ3) is 3.31. The van der Waals surface area contributed by atoms with Gasteiger partial charge >= 0.3 is 0 Å². The van der Waals surface area contributed by atoms with Crippen LogP contribution in [0, 0.1) is 25.2 Å². The van der Waals surface area contributed by atoms with Crippen LogP contribution in [0.15, 0.2) is 91.0 Å². The fourth-order valence-electron chi connectivity index (χ4n) is 4.40. The molecule has 0 N–H and O–H groups in total. The van der Waals surface area contributed by atoms with Gasteiger partial charge in [0, 0.05) is 16.8 Å². The third-order valence-corrected chi connectivity index (χ3v) is 5.96. The summed E-state index contributed by atoms with van der Waals surface area (Å²) in [6.07, 6.45) is 2.01. The molecule has 5 aromatic rings. The fourth-order valence-corrected chi connectivity index (χ4v) is 4.40. The molecule has 0 saturated heterocycles. The maximum Gasteiger partial charge on any atom is 0.0998 e. The topological polar surface area (TPSA) is 28.7 Å². The SMILES string of the molecule is Cc1cc(C=C(C#N)c2ccc3ccccc3c2)c(C)n1-c1cccc2ccccc12. The van der Waals surface area contributed by atoms with Crippen molar-refractivity contribution < 1.29 is 0 Å². The largest absolute Gasteiger partial charge is 0.317 e. The zero-order chi connectivity index (χ0) is 21.4. The maximum atomic E-state index is 9.91. The Hall–Kier alpha value is -4.09. The zero-order valence-electron chi connectivity index (χ0n) is 17.6. The van der Waals surface area contributed by atoms with Gasteiger partial charge < -0.3 is 4.57 Å². The lowest BCUT2D eigenvalue weighted by Crippen LogP contribution is -2.00. The normalized spacial score (nSPS) is 11.7. The first-order chi connectivity index (χ1) is 15.2. The zero-order valence-corrected chi connectivity index (χ0v) is 17.6. The molecule has 0 aliphatic heterocycles. The Morgan fingerprint density at radius 3 is 2.29 bits per heavy atom. The Bertz CT molecular complexity index is 1500. The molecule has 0 aliphatic carbocycles. The average molecular weight is 399 g/mol. The summed E-state index contributed by atoms with van der Waals surface area (Å²) in [4.78, 5) is 0. The van der Waals surface area contributed by atoms with Gasteiger partial charge in [-0.2, -0.15) is 5.26 Å². The van der Waals surface area contributed by atoms with Crippen molar-refractivity contribution in [3.05, 3.63) is 114 Å². The lowest BCUT2D eigenvalue weighted by molar-refractivity contribution is 0.973. The Labute approximate surface area is 182 Å². The van der Waals surface area contributed by atoms with E-state index in [4.69, 9.17) is 0 Å². The van der Waals surface area contributed by atoms with Crippen LogP contribution in [0.25, 0.3) is 38.9 Å². The molecule has 148 valence electrons. The van der Waals surface area contributed by atoms with Crippen molar-refractivity contribution in [2.75, 3.05) is 0 Å². The molecule has 2 heteroatoms. The molecule has 1 aromatic heterocycles. The summed E-state index contributed by atoms with van der Waals surface area (Å²) in [6, 6.07) is 33.8. The van der Waals surface area contributed by atoms with E-state index in [0.29, 0.717) is 5.57 Å². The molecule has 0 radical (unpaired) electrons.